The molecule has 5 aliphatic rings. The number of hydrogen-bond donors (Lipinski definition) is 4. The van der Waals surface area contributed by atoms with Crippen molar-refractivity contribution in [3.8, 4) is 0 Å². The lowest BCUT2D eigenvalue weighted by molar-refractivity contribution is -0.136. The maximum absolute atomic E-state index is 13.4. The number of halogens is 1. The number of rotatable bonds is 16. The Morgan fingerprint density at radius 3 is 2.41 bits per heavy atom. The van der Waals surface area contributed by atoms with Crippen molar-refractivity contribution in [3.05, 3.63) is 64.3 Å². The van der Waals surface area contributed by atoms with E-state index in [1.165, 1.54) is 6.20 Å². The quantitative estimate of drug-likeness (QED) is 0.0840. The summed E-state index contributed by atoms with van der Waals surface area (Å²) < 4.78 is 0. The van der Waals surface area contributed by atoms with Crippen LogP contribution in [0.1, 0.15) is 72.1 Å². The Hall–Kier alpha value is -4.96. The monoisotopic (exact) mass is 812 g/mol. The van der Waals surface area contributed by atoms with E-state index in [0.29, 0.717) is 71.3 Å². The molecule has 4 saturated heterocycles. The summed E-state index contributed by atoms with van der Waals surface area (Å²) in [6, 6.07) is 10.3. The summed E-state index contributed by atoms with van der Waals surface area (Å²) in [4.78, 5) is 80.7. The van der Waals surface area contributed by atoms with Crippen molar-refractivity contribution in [1.82, 2.24) is 20.0 Å². The number of allylic oxidation sites excluding steroid dienone is 1. The highest BCUT2D eigenvalue weighted by Gasteiger charge is 2.45. The first-order valence-electron chi connectivity index (χ1n) is 20.3. The number of amides is 4. The molecule has 15 nitrogen and oxygen atoms in total. The fraction of sp³-hybridized carbons (Fsp3) is 0.500. The van der Waals surface area contributed by atoms with E-state index >= 15 is 0 Å². The standard InChI is InChI=1S/C42H53ClN10O5/c1-46-19-26(38(54)10-5-29(3-2-14-44)48-30-4-8-36(45)35(43)17-30)20-47-25-50-21-27-23-52(24-28(27)22-50)31-12-15-51(16-13-31)32-6-7-33-34(18-32)42(58)53(41(33)57)37-9-11-39(55)49-40(37)56/h4,6-8,17-20,27-29,31,37,48H,1-3,5,9-16,21-25,44-45H2,(H,49,55,56)/b26-19+,47-20-/t27-,28+,29-,37?/m1/s1. The van der Waals surface area contributed by atoms with Gasteiger partial charge in [0.15, 0.2) is 5.78 Å². The lowest BCUT2D eigenvalue weighted by Crippen LogP contribution is -2.54. The first-order valence-corrected chi connectivity index (χ1v) is 20.7. The number of nitrogen functional groups attached to an aromatic ring is 1. The summed E-state index contributed by atoms with van der Waals surface area (Å²) in [6.07, 6.45) is 7.91. The van der Waals surface area contributed by atoms with Gasteiger partial charge >= 0.3 is 0 Å². The highest BCUT2D eigenvalue weighted by molar-refractivity contribution is 6.33. The SMILES string of the molecule is C=N/C=C(\C=N/CN1C[C@@H]2CN(C3CCN(c4ccc5c(c4)C(=O)N(C4CCC(=O)NC4=O)C5=O)CC3)C[C@@H]2C1)C(=O)CC[C@@H](CCCN)Nc1ccc(N)c(Cl)c1. The molecule has 2 aromatic carbocycles. The molecule has 0 spiro atoms. The number of aliphatic imine (C=N–C) groups is 2. The maximum atomic E-state index is 13.4. The van der Waals surface area contributed by atoms with Crippen molar-refractivity contribution in [2.24, 2.45) is 27.6 Å². The lowest BCUT2D eigenvalue weighted by atomic mass is 10.0. The molecule has 58 heavy (non-hydrogen) atoms. The van der Waals surface area contributed by atoms with Crippen LogP contribution in [0.4, 0.5) is 17.1 Å². The number of imide groups is 2. The van der Waals surface area contributed by atoms with Crippen molar-refractivity contribution in [1.29, 1.82) is 0 Å². The third-order valence-corrected chi connectivity index (χ3v) is 12.6. The summed E-state index contributed by atoms with van der Waals surface area (Å²) in [6.45, 7) is 10.4. The highest BCUT2D eigenvalue weighted by atomic mass is 35.5. The molecule has 0 aliphatic carbocycles. The molecule has 6 N–H and O–H groups in total. The Kier molecular flexibility index (Phi) is 13.0. The molecule has 4 amide bonds. The van der Waals surface area contributed by atoms with E-state index in [1.807, 2.05) is 12.1 Å². The van der Waals surface area contributed by atoms with Gasteiger partial charge in [0.2, 0.25) is 11.8 Å². The predicted octanol–water partition coefficient (Wildman–Crippen LogP) is 3.34. The molecule has 2 aromatic rings. The highest BCUT2D eigenvalue weighted by Crippen LogP contribution is 2.36. The van der Waals surface area contributed by atoms with Crippen molar-refractivity contribution in [2.75, 3.05) is 68.4 Å². The largest absolute Gasteiger partial charge is 0.398 e. The first-order chi connectivity index (χ1) is 28.0. The van der Waals surface area contributed by atoms with E-state index in [2.05, 4.69) is 42.0 Å². The molecule has 5 aliphatic heterocycles. The minimum atomic E-state index is -0.974. The van der Waals surface area contributed by atoms with E-state index in [0.717, 1.165) is 81.2 Å². The number of piperidine rings is 2. The van der Waals surface area contributed by atoms with Gasteiger partial charge in [0.1, 0.15) is 6.04 Å². The number of hydrogen-bond acceptors (Lipinski definition) is 13. The Balaban J connectivity index is 0.853. The molecule has 7 rings (SSSR count). The second kappa shape index (κ2) is 18.3. The third kappa shape index (κ3) is 9.17. The van der Waals surface area contributed by atoms with E-state index in [4.69, 9.17) is 23.1 Å². The van der Waals surface area contributed by atoms with Crippen molar-refractivity contribution >= 4 is 71.0 Å². The molecule has 0 aromatic heterocycles. The summed E-state index contributed by atoms with van der Waals surface area (Å²) in [5, 5.41) is 6.20. The van der Waals surface area contributed by atoms with Crippen LogP contribution in [0.3, 0.4) is 0 Å². The minimum absolute atomic E-state index is 0.0320. The van der Waals surface area contributed by atoms with Gasteiger partial charge < -0.3 is 21.7 Å². The van der Waals surface area contributed by atoms with E-state index in [1.54, 1.807) is 30.5 Å². The zero-order chi connectivity index (χ0) is 40.9. The predicted molar refractivity (Wildman–Crippen MR) is 225 cm³/mol. The molecule has 0 bridgehead atoms. The summed E-state index contributed by atoms with van der Waals surface area (Å²) in [5.74, 6) is -0.871. The number of nitrogens with two attached hydrogens (primary N) is 2. The fourth-order valence-corrected chi connectivity index (χ4v) is 9.35. The normalized spacial score (nSPS) is 23.8. The number of anilines is 3. The van der Waals surface area contributed by atoms with Gasteiger partial charge in [-0.15, -0.1) is 0 Å². The third-order valence-electron chi connectivity index (χ3n) is 12.3. The zero-order valence-corrected chi connectivity index (χ0v) is 33.5. The summed E-state index contributed by atoms with van der Waals surface area (Å²) in [5.41, 5.74) is 14.9. The molecule has 1 unspecified atom stereocenters. The van der Waals surface area contributed by atoms with Gasteiger partial charge in [-0.1, -0.05) is 11.6 Å². The van der Waals surface area contributed by atoms with E-state index in [-0.39, 0.29) is 24.7 Å². The molecule has 0 saturated carbocycles. The average Bonchev–Trinajstić information content (AvgIpc) is 3.86. The van der Waals surface area contributed by atoms with Gasteiger partial charge in [-0.05, 0) is 100 Å². The number of likely N-dealkylation sites (tertiary alicyclic amines) is 2. The molecule has 308 valence electrons. The number of fused-ring (bicyclic) bond motifs is 2. The minimum Gasteiger partial charge on any atom is -0.398 e. The van der Waals surface area contributed by atoms with Crippen LogP contribution in [0.15, 0.2) is 58.2 Å². The van der Waals surface area contributed by atoms with Crippen molar-refractivity contribution in [2.45, 2.75) is 69.5 Å². The van der Waals surface area contributed by atoms with Crippen LogP contribution in [0.5, 0.6) is 0 Å². The number of Topliss-reactive ketones (excluding diaryl/α,β-unsaturated/α-hetero) is 1. The Labute approximate surface area is 343 Å². The Bertz CT molecular complexity index is 1980. The number of benzene rings is 2. The van der Waals surface area contributed by atoms with E-state index < -0.39 is 29.7 Å². The number of nitrogens with one attached hydrogen (secondary N) is 2. The van der Waals surface area contributed by atoms with Crippen LogP contribution in [0, 0.1) is 11.8 Å². The zero-order valence-electron chi connectivity index (χ0n) is 32.8. The molecule has 16 heteroatoms. The molecular weight excluding hydrogens is 760 g/mol. The molecule has 0 radical (unpaired) electrons. The van der Waals surface area contributed by atoms with Gasteiger partial charge in [0.05, 0.1) is 34.1 Å². The number of carbonyl (C=O) groups is 5. The smallest absolute Gasteiger partial charge is 0.262 e. The van der Waals surface area contributed by atoms with Crippen LogP contribution in [-0.4, -0.2) is 128 Å². The molecule has 4 fully saturated rings. The number of ketones is 1. The van der Waals surface area contributed by atoms with Crippen LogP contribution >= 0.6 is 11.6 Å². The second-order valence-corrected chi connectivity index (χ2v) is 16.5. The van der Waals surface area contributed by atoms with Gasteiger partial charge in [-0.3, -0.25) is 54.0 Å². The summed E-state index contributed by atoms with van der Waals surface area (Å²) >= 11 is 6.22. The van der Waals surface area contributed by atoms with Crippen LogP contribution in [-0.2, 0) is 14.4 Å². The summed E-state index contributed by atoms with van der Waals surface area (Å²) in [7, 11) is 0. The van der Waals surface area contributed by atoms with Gasteiger partial charge in [0.25, 0.3) is 11.8 Å². The molecular formula is C42H53ClN10O5. The number of nitrogens with zero attached hydrogens (tertiary/aromatic N) is 6. The fourth-order valence-electron chi connectivity index (χ4n) is 9.17. The van der Waals surface area contributed by atoms with E-state index in [9.17, 15) is 24.0 Å². The van der Waals surface area contributed by atoms with Crippen LogP contribution in [0.25, 0.3) is 0 Å². The molecule has 5 heterocycles. The van der Waals surface area contributed by atoms with Crippen molar-refractivity contribution in [3.63, 3.8) is 0 Å². The Morgan fingerprint density at radius 1 is 0.983 bits per heavy atom. The maximum Gasteiger partial charge on any atom is 0.262 e. The average molecular weight is 813 g/mol. The van der Waals surface area contributed by atoms with Gasteiger partial charge in [-0.25, -0.2) is 0 Å². The van der Waals surface area contributed by atoms with Crippen LogP contribution < -0.4 is 27.0 Å². The van der Waals surface area contributed by atoms with Gasteiger partial charge in [0, 0.05) is 88.0 Å². The second-order valence-electron chi connectivity index (χ2n) is 16.1. The van der Waals surface area contributed by atoms with Crippen LogP contribution in [0.2, 0.25) is 5.02 Å². The Morgan fingerprint density at radius 2 is 1.72 bits per heavy atom. The van der Waals surface area contributed by atoms with Gasteiger partial charge in [-0.2, -0.15) is 0 Å². The first kappa shape index (κ1) is 41.2. The number of carbonyl (C=O) groups excluding carboxylic acids is 5. The lowest BCUT2D eigenvalue weighted by Gasteiger charge is -2.38. The van der Waals surface area contributed by atoms with Crippen molar-refractivity contribution < 1.29 is 24.0 Å². The topological polar surface area (TPSA) is 199 Å². The molecule has 4 atom stereocenters.